The van der Waals surface area contributed by atoms with Gasteiger partial charge in [-0.25, -0.2) is 13.9 Å². The van der Waals surface area contributed by atoms with Crippen molar-refractivity contribution in [3.63, 3.8) is 0 Å². The quantitative estimate of drug-likeness (QED) is 0.796. The molecule has 0 radical (unpaired) electrons. The molecule has 138 valence electrons. The van der Waals surface area contributed by atoms with Crippen LogP contribution in [0.25, 0.3) is 5.69 Å². The van der Waals surface area contributed by atoms with Crippen molar-refractivity contribution >= 4 is 11.9 Å². The minimum absolute atomic E-state index is 0.240. The van der Waals surface area contributed by atoms with Crippen molar-refractivity contribution in [3.8, 4) is 5.69 Å². The predicted molar refractivity (Wildman–Crippen MR) is 94.0 cm³/mol. The number of halogens is 1. The number of rotatable bonds is 7. The summed E-state index contributed by atoms with van der Waals surface area (Å²) in [5.41, 5.74) is 2.51. The molecular weight excluding hydrogens is 337 g/mol. The van der Waals surface area contributed by atoms with E-state index in [2.05, 4.69) is 10.4 Å². The Balaban J connectivity index is 1.90. The Bertz CT molecular complexity index is 831. The average molecular weight is 359 g/mol. The van der Waals surface area contributed by atoms with Gasteiger partial charge in [-0.1, -0.05) is 25.8 Å². The average Bonchev–Trinajstić information content (AvgIpc) is 3.20. The van der Waals surface area contributed by atoms with Gasteiger partial charge in [0, 0.05) is 11.3 Å². The molecule has 1 aliphatic rings. The van der Waals surface area contributed by atoms with Crippen LogP contribution in [0.2, 0.25) is 0 Å². The molecule has 0 spiro atoms. The van der Waals surface area contributed by atoms with E-state index < -0.39 is 17.9 Å². The molecule has 2 N–H and O–H groups in total. The summed E-state index contributed by atoms with van der Waals surface area (Å²) in [5, 5.41) is 16.3. The first-order valence-electron chi connectivity index (χ1n) is 8.91. The first kappa shape index (κ1) is 18.1. The van der Waals surface area contributed by atoms with Crippen LogP contribution in [-0.2, 0) is 17.6 Å². The lowest BCUT2D eigenvalue weighted by atomic mass is 10.1. The first-order valence-corrected chi connectivity index (χ1v) is 8.91. The maximum absolute atomic E-state index is 13.6. The molecule has 6 nitrogen and oxygen atoms in total. The lowest BCUT2D eigenvalue weighted by Crippen LogP contribution is -2.41. The van der Waals surface area contributed by atoms with E-state index >= 15 is 0 Å². The Morgan fingerprint density at radius 3 is 2.88 bits per heavy atom. The summed E-state index contributed by atoms with van der Waals surface area (Å²) in [6.45, 7) is 1.97. The summed E-state index contributed by atoms with van der Waals surface area (Å²) < 4.78 is 15.2. The standard InChI is InChI=1S/C19H22FN3O3/c1-2-3-9-15(19(25)26)21-18(24)17-14-8-5-10-16(14)23(22-17)13-7-4-6-12(20)11-13/h4,6-7,11,15H,2-3,5,8-10H2,1H3,(H,21,24)(H,25,26). The molecule has 0 saturated heterocycles. The molecular formula is C19H22FN3O3. The maximum atomic E-state index is 13.6. The molecule has 1 atom stereocenters. The van der Waals surface area contributed by atoms with E-state index in [-0.39, 0.29) is 11.5 Å². The van der Waals surface area contributed by atoms with E-state index in [0.717, 1.165) is 30.5 Å². The van der Waals surface area contributed by atoms with E-state index in [0.29, 0.717) is 24.9 Å². The molecule has 0 saturated carbocycles. The number of benzene rings is 1. The minimum Gasteiger partial charge on any atom is -0.480 e. The van der Waals surface area contributed by atoms with Crippen molar-refractivity contribution in [2.24, 2.45) is 0 Å². The number of carbonyl (C=O) groups excluding carboxylic acids is 1. The van der Waals surface area contributed by atoms with Gasteiger partial charge in [0.05, 0.1) is 5.69 Å². The van der Waals surface area contributed by atoms with Crippen LogP contribution in [-0.4, -0.2) is 32.8 Å². The maximum Gasteiger partial charge on any atom is 0.326 e. The molecule has 3 rings (SSSR count). The van der Waals surface area contributed by atoms with Gasteiger partial charge in [-0.3, -0.25) is 4.79 Å². The molecule has 0 fully saturated rings. The number of carboxylic acid groups (broad SMARTS) is 1. The van der Waals surface area contributed by atoms with Crippen molar-refractivity contribution in [3.05, 3.63) is 47.0 Å². The molecule has 1 unspecified atom stereocenters. The number of amides is 1. The minimum atomic E-state index is -1.05. The van der Waals surface area contributed by atoms with Gasteiger partial charge < -0.3 is 10.4 Å². The van der Waals surface area contributed by atoms with Crippen LogP contribution in [0.3, 0.4) is 0 Å². The van der Waals surface area contributed by atoms with Crippen LogP contribution in [0.15, 0.2) is 24.3 Å². The molecule has 1 aliphatic carbocycles. The molecule has 7 heteroatoms. The summed E-state index contributed by atoms with van der Waals surface area (Å²) in [4.78, 5) is 24.1. The lowest BCUT2D eigenvalue weighted by molar-refractivity contribution is -0.139. The molecule has 0 aliphatic heterocycles. The number of fused-ring (bicyclic) bond motifs is 1. The van der Waals surface area contributed by atoms with Gasteiger partial charge in [0.1, 0.15) is 11.9 Å². The van der Waals surface area contributed by atoms with Gasteiger partial charge in [0.25, 0.3) is 5.91 Å². The first-order chi connectivity index (χ1) is 12.5. The van der Waals surface area contributed by atoms with Crippen LogP contribution in [0.4, 0.5) is 4.39 Å². The second-order valence-corrected chi connectivity index (χ2v) is 6.53. The fourth-order valence-electron chi connectivity index (χ4n) is 3.33. The third-order valence-electron chi connectivity index (χ3n) is 4.65. The zero-order valence-electron chi connectivity index (χ0n) is 14.7. The summed E-state index contributed by atoms with van der Waals surface area (Å²) >= 11 is 0. The van der Waals surface area contributed by atoms with Crippen LogP contribution >= 0.6 is 0 Å². The van der Waals surface area contributed by atoms with E-state index in [4.69, 9.17) is 0 Å². The number of nitrogens with one attached hydrogen (secondary N) is 1. The fraction of sp³-hybridized carbons (Fsp3) is 0.421. The smallest absolute Gasteiger partial charge is 0.326 e. The largest absolute Gasteiger partial charge is 0.480 e. The van der Waals surface area contributed by atoms with Crippen LogP contribution in [0.1, 0.15) is 54.4 Å². The molecule has 2 aromatic rings. The Morgan fingerprint density at radius 1 is 1.38 bits per heavy atom. The van der Waals surface area contributed by atoms with Crippen molar-refractivity contribution in [2.45, 2.75) is 51.5 Å². The topological polar surface area (TPSA) is 84.2 Å². The molecule has 1 amide bonds. The van der Waals surface area contributed by atoms with E-state index in [1.165, 1.54) is 12.1 Å². The van der Waals surface area contributed by atoms with Crippen LogP contribution in [0.5, 0.6) is 0 Å². The Kier molecular flexibility index (Phi) is 5.35. The molecule has 0 bridgehead atoms. The second-order valence-electron chi connectivity index (χ2n) is 6.53. The SMILES string of the molecule is CCCCC(NC(=O)c1nn(-c2cccc(F)c2)c2c1CCC2)C(=O)O. The molecule has 1 aromatic carbocycles. The van der Waals surface area contributed by atoms with Gasteiger partial charge in [0.2, 0.25) is 0 Å². The Hall–Kier alpha value is -2.70. The number of hydrogen-bond donors (Lipinski definition) is 2. The Labute approximate surface area is 151 Å². The van der Waals surface area contributed by atoms with Gasteiger partial charge in [-0.05, 0) is 43.9 Å². The summed E-state index contributed by atoms with van der Waals surface area (Å²) in [6, 6.07) is 5.12. The number of unbranched alkanes of at least 4 members (excludes halogenated alkanes) is 1. The van der Waals surface area contributed by atoms with E-state index in [9.17, 15) is 19.1 Å². The van der Waals surface area contributed by atoms with Gasteiger partial charge >= 0.3 is 5.97 Å². The van der Waals surface area contributed by atoms with E-state index in [1.807, 2.05) is 6.92 Å². The molecule has 1 heterocycles. The highest BCUT2D eigenvalue weighted by Gasteiger charge is 2.29. The van der Waals surface area contributed by atoms with Gasteiger partial charge in [-0.15, -0.1) is 0 Å². The highest BCUT2D eigenvalue weighted by molar-refractivity contribution is 5.96. The third kappa shape index (κ3) is 3.61. The monoisotopic (exact) mass is 359 g/mol. The van der Waals surface area contributed by atoms with Crippen LogP contribution in [0, 0.1) is 5.82 Å². The number of nitrogens with zero attached hydrogens (tertiary/aromatic N) is 2. The summed E-state index contributed by atoms with van der Waals surface area (Å²) in [5.74, 6) is -1.91. The van der Waals surface area contributed by atoms with Crippen LogP contribution < -0.4 is 5.32 Å². The van der Waals surface area contributed by atoms with Gasteiger partial charge in [0.15, 0.2) is 5.69 Å². The highest BCUT2D eigenvalue weighted by atomic mass is 19.1. The number of hydrogen-bond acceptors (Lipinski definition) is 3. The van der Waals surface area contributed by atoms with Gasteiger partial charge in [-0.2, -0.15) is 5.10 Å². The Morgan fingerprint density at radius 2 is 2.19 bits per heavy atom. The molecule has 1 aromatic heterocycles. The fourth-order valence-corrected chi connectivity index (χ4v) is 3.33. The van der Waals surface area contributed by atoms with Crippen molar-refractivity contribution in [2.75, 3.05) is 0 Å². The predicted octanol–water partition coefficient (Wildman–Crippen LogP) is 2.87. The summed E-state index contributed by atoms with van der Waals surface area (Å²) in [7, 11) is 0. The second kappa shape index (κ2) is 7.68. The zero-order chi connectivity index (χ0) is 18.7. The number of carboxylic acids is 1. The third-order valence-corrected chi connectivity index (χ3v) is 4.65. The van der Waals surface area contributed by atoms with Crippen molar-refractivity contribution in [1.82, 2.24) is 15.1 Å². The number of carbonyl (C=O) groups is 2. The number of aliphatic carboxylic acids is 1. The normalized spacial score (nSPS) is 14.1. The molecule has 26 heavy (non-hydrogen) atoms. The number of aromatic nitrogens is 2. The van der Waals surface area contributed by atoms with Crippen molar-refractivity contribution in [1.29, 1.82) is 0 Å². The van der Waals surface area contributed by atoms with E-state index in [1.54, 1.807) is 16.8 Å². The zero-order valence-corrected chi connectivity index (χ0v) is 14.7. The van der Waals surface area contributed by atoms with Crippen molar-refractivity contribution < 1.29 is 19.1 Å². The summed E-state index contributed by atoms with van der Waals surface area (Å²) in [6.07, 6.45) is 4.30. The lowest BCUT2D eigenvalue weighted by Gasteiger charge is -2.13. The highest BCUT2D eigenvalue weighted by Crippen LogP contribution is 2.28.